The lowest BCUT2D eigenvalue weighted by molar-refractivity contribution is 0.737. The number of anilines is 1. The number of aromatic nitrogens is 4. The summed E-state index contributed by atoms with van der Waals surface area (Å²) in [6.07, 6.45) is 1.40. The smallest absolute Gasteiger partial charge is 0.278 e. The van der Waals surface area contributed by atoms with Crippen LogP contribution in [-0.4, -0.2) is 19.9 Å². The fraction of sp³-hybridized carbons (Fsp3) is 0.444. The molecular formula is C9H15N5O. The van der Waals surface area contributed by atoms with Crippen LogP contribution in [0.5, 0.6) is 0 Å². The van der Waals surface area contributed by atoms with E-state index in [2.05, 4.69) is 40.7 Å². The van der Waals surface area contributed by atoms with Crippen molar-refractivity contribution in [2.75, 3.05) is 5.73 Å². The van der Waals surface area contributed by atoms with E-state index in [1.165, 1.54) is 6.33 Å². The second-order valence-electron chi connectivity index (χ2n) is 3.78. The molecule has 82 valence electrons. The maximum absolute atomic E-state index is 11.0. The number of H-pyrrole nitrogens is 2. The maximum atomic E-state index is 11.0. The first-order valence-corrected chi connectivity index (χ1v) is 4.69. The molecule has 0 aliphatic heterocycles. The van der Waals surface area contributed by atoms with E-state index in [-0.39, 0.29) is 11.5 Å². The first-order valence-electron chi connectivity index (χ1n) is 4.69. The van der Waals surface area contributed by atoms with Crippen molar-refractivity contribution >= 4 is 17.1 Å². The Bertz CT molecular complexity index is 482. The van der Waals surface area contributed by atoms with Crippen LogP contribution in [0.1, 0.15) is 20.8 Å². The summed E-state index contributed by atoms with van der Waals surface area (Å²) in [5, 5.41) is 0. The van der Waals surface area contributed by atoms with Gasteiger partial charge in [0.25, 0.3) is 5.56 Å². The fourth-order valence-corrected chi connectivity index (χ4v) is 0.860. The van der Waals surface area contributed by atoms with Gasteiger partial charge in [-0.15, -0.1) is 0 Å². The van der Waals surface area contributed by atoms with E-state index in [4.69, 9.17) is 5.73 Å². The second kappa shape index (κ2) is 4.59. The predicted octanol–water partition coefficient (Wildman–Crippen LogP) is 0.891. The molecule has 0 amide bonds. The van der Waals surface area contributed by atoms with Gasteiger partial charge in [-0.1, -0.05) is 20.8 Å². The number of imidazole rings is 1. The van der Waals surface area contributed by atoms with Crippen molar-refractivity contribution in [3.8, 4) is 0 Å². The first kappa shape index (κ1) is 11.2. The van der Waals surface area contributed by atoms with Crippen molar-refractivity contribution in [3.05, 3.63) is 16.7 Å². The number of hydrogen-bond donors (Lipinski definition) is 3. The largest absolute Gasteiger partial charge is 0.369 e. The van der Waals surface area contributed by atoms with E-state index in [1.807, 2.05) is 0 Å². The second-order valence-corrected chi connectivity index (χ2v) is 3.78. The molecule has 0 atom stereocenters. The molecule has 0 spiro atoms. The zero-order chi connectivity index (χ0) is 11.4. The van der Waals surface area contributed by atoms with Gasteiger partial charge in [0.15, 0.2) is 11.2 Å². The molecule has 0 fully saturated rings. The number of rotatable bonds is 0. The highest BCUT2D eigenvalue weighted by molar-refractivity contribution is 5.69. The van der Waals surface area contributed by atoms with E-state index in [0.717, 1.165) is 5.92 Å². The maximum Gasteiger partial charge on any atom is 0.278 e. The Morgan fingerprint density at radius 2 is 2.00 bits per heavy atom. The Balaban J connectivity index is 0.000000245. The van der Waals surface area contributed by atoms with E-state index < -0.39 is 0 Å². The minimum Gasteiger partial charge on any atom is -0.369 e. The third-order valence-electron chi connectivity index (χ3n) is 1.31. The monoisotopic (exact) mass is 209 g/mol. The van der Waals surface area contributed by atoms with Crippen molar-refractivity contribution in [1.29, 1.82) is 0 Å². The Labute approximate surface area is 86.9 Å². The van der Waals surface area contributed by atoms with Gasteiger partial charge < -0.3 is 10.7 Å². The zero-order valence-electron chi connectivity index (χ0n) is 9.03. The minimum absolute atomic E-state index is 0.0783. The number of nitrogen functional groups attached to an aromatic ring is 1. The molecule has 2 aromatic heterocycles. The summed E-state index contributed by atoms with van der Waals surface area (Å²) < 4.78 is 0. The standard InChI is InChI=1S/C5H5N5O.C4H10/c6-5-9-3-2(4(11)10-5)7-1-8-3;1-4(2)3/h1H,(H4,6,7,8,9,10,11);4H,1-3H3. The van der Waals surface area contributed by atoms with Gasteiger partial charge in [0.2, 0.25) is 5.95 Å². The quantitative estimate of drug-likeness (QED) is 0.599. The van der Waals surface area contributed by atoms with Crippen LogP contribution < -0.4 is 11.3 Å². The zero-order valence-corrected chi connectivity index (χ0v) is 9.03. The van der Waals surface area contributed by atoms with Gasteiger partial charge in [-0.3, -0.25) is 9.78 Å². The summed E-state index contributed by atoms with van der Waals surface area (Å²) in [6, 6.07) is 0. The third kappa shape index (κ3) is 3.08. The normalized spacial score (nSPS) is 10.1. The third-order valence-corrected chi connectivity index (χ3v) is 1.31. The average Bonchev–Trinajstić information content (AvgIpc) is 2.50. The molecule has 0 unspecified atom stereocenters. The van der Waals surface area contributed by atoms with Crippen LogP contribution in [0.25, 0.3) is 11.2 Å². The van der Waals surface area contributed by atoms with Crippen molar-refractivity contribution in [1.82, 2.24) is 19.9 Å². The molecule has 4 N–H and O–H groups in total. The topological polar surface area (TPSA) is 100 Å². The average molecular weight is 209 g/mol. The van der Waals surface area contributed by atoms with E-state index in [0.29, 0.717) is 11.2 Å². The number of nitrogens with one attached hydrogen (secondary N) is 2. The van der Waals surface area contributed by atoms with Gasteiger partial charge in [-0.05, 0) is 5.92 Å². The summed E-state index contributed by atoms with van der Waals surface area (Å²) in [5.41, 5.74) is 5.65. The van der Waals surface area contributed by atoms with Gasteiger partial charge in [0, 0.05) is 0 Å². The molecule has 0 radical (unpaired) electrons. The van der Waals surface area contributed by atoms with Crippen LogP contribution in [0.4, 0.5) is 5.95 Å². The minimum atomic E-state index is -0.301. The molecule has 0 bridgehead atoms. The number of fused-ring (bicyclic) bond motifs is 1. The Kier molecular flexibility index (Phi) is 3.43. The van der Waals surface area contributed by atoms with E-state index >= 15 is 0 Å². The SMILES string of the molecule is CC(C)C.Nc1nc2nc[nH]c2c(=O)[nH]1. The molecule has 0 aromatic carbocycles. The van der Waals surface area contributed by atoms with Gasteiger partial charge in [-0.25, -0.2) is 4.98 Å². The summed E-state index contributed by atoms with van der Waals surface area (Å²) in [6.45, 7) is 6.50. The summed E-state index contributed by atoms with van der Waals surface area (Å²) in [7, 11) is 0. The van der Waals surface area contributed by atoms with Crippen LogP contribution in [0, 0.1) is 5.92 Å². The molecule has 6 heteroatoms. The highest BCUT2D eigenvalue weighted by Gasteiger charge is 2.01. The Hall–Kier alpha value is -1.85. The molecule has 0 aliphatic carbocycles. The summed E-state index contributed by atoms with van der Waals surface area (Å²) in [4.78, 5) is 23.5. The Morgan fingerprint density at radius 1 is 1.40 bits per heavy atom. The molecule has 2 aromatic rings. The number of hydrogen-bond acceptors (Lipinski definition) is 4. The van der Waals surface area contributed by atoms with Crippen LogP contribution in [0.2, 0.25) is 0 Å². The summed E-state index contributed by atoms with van der Waals surface area (Å²) >= 11 is 0. The lowest BCUT2D eigenvalue weighted by Crippen LogP contribution is -2.10. The van der Waals surface area contributed by atoms with Crippen LogP contribution in [0.3, 0.4) is 0 Å². The Morgan fingerprint density at radius 3 is 2.60 bits per heavy atom. The van der Waals surface area contributed by atoms with Gasteiger partial charge in [-0.2, -0.15) is 4.98 Å². The highest BCUT2D eigenvalue weighted by atomic mass is 16.1. The molecule has 2 rings (SSSR count). The summed E-state index contributed by atoms with van der Waals surface area (Å²) in [5.74, 6) is 0.912. The number of aromatic amines is 2. The lowest BCUT2D eigenvalue weighted by Gasteiger charge is -1.89. The number of nitrogens with zero attached hydrogens (tertiary/aromatic N) is 2. The fourth-order valence-electron chi connectivity index (χ4n) is 0.860. The van der Waals surface area contributed by atoms with Crippen LogP contribution >= 0.6 is 0 Å². The van der Waals surface area contributed by atoms with Crippen molar-refractivity contribution in [3.63, 3.8) is 0 Å². The molecule has 15 heavy (non-hydrogen) atoms. The molecule has 0 aliphatic rings. The first-order chi connectivity index (χ1) is 7.00. The van der Waals surface area contributed by atoms with Crippen molar-refractivity contribution < 1.29 is 0 Å². The molecule has 2 heterocycles. The number of nitrogens with two attached hydrogens (primary N) is 1. The van der Waals surface area contributed by atoms with Crippen LogP contribution in [-0.2, 0) is 0 Å². The molecular weight excluding hydrogens is 194 g/mol. The van der Waals surface area contributed by atoms with Crippen molar-refractivity contribution in [2.24, 2.45) is 5.92 Å². The lowest BCUT2D eigenvalue weighted by atomic mass is 10.3. The van der Waals surface area contributed by atoms with Crippen molar-refractivity contribution in [2.45, 2.75) is 20.8 Å². The van der Waals surface area contributed by atoms with Gasteiger partial charge in [0.05, 0.1) is 6.33 Å². The van der Waals surface area contributed by atoms with Crippen LogP contribution in [0.15, 0.2) is 11.1 Å². The molecule has 6 nitrogen and oxygen atoms in total. The van der Waals surface area contributed by atoms with Gasteiger partial charge in [0.1, 0.15) is 0 Å². The molecule has 0 saturated heterocycles. The van der Waals surface area contributed by atoms with Gasteiger partial charge >= 0.3 is 0 Å². The predicted molar refractivity (Wildman–Crippen MR) is 59.4 cm³/mol. The molecule has 0 saturated carbocycles. The highest BCUT2D eigenvalue weighted by Crippen LogP contribution is 1.98. The van der Waals surface area contributed by atoms with E-state index in [9.17, 15) is 4.79 Å². The van der Waals surface area contributed by atoms with E-state index in [1.54, 1.807) is 0 Å².